The molecule has 5 nitrogen and oxygen atoms in total. The Morgan fingerprint density at radius 1 is 1.25 bits per heavy atom. The molecule has 0 aromatic heterocycles. The lowest BCUT2D eigenvalue weighted by Crippen LogP contribution is -2.46. The highest BCUT2D eigenvalue weighted by atomic mass is 127. The van der Waals surface area contributed by atoms with E-state index in [4.69, 9.17) is 9.73 Å². The Hall–Kier alpha value is 0.270. The molecule has 142 valence electrons. The molecule has 0 bridgehead atoms. The first kappa shape index (κ1) is 22.3. The summed E-state index contributed by atoms with van der Waals surface area (Å²) < 4.78 is 5.79. The molecule has 0 aliphatic carbocycles. The fraction of sp³-hybridized carbons (Fsp3) is 0.941. The van der Waals surface area contributed by atoms with E-state index in [1.54, 1.807) is 0 Å². The zero-order valence-corrected chi connectivity index (χ0v) is 18.6. The molecule has 0 radical (unpaired) electrons. The number of halogens is 1. The first-order valence-corrected chi connectivity index (χ1v) is 10.2. The van der Waals surface area contributed by atoms with Crippen molar-refractivity contribution in [2.75, 3.05) is 45.0 Å². The van der Waals surface area contributed by atoms with Gasteiger partial charge in [0.1, 0.15) is 0 Å². The maximum Gasteiger partial charge on any atom is 0.191 e. The van der Waals surface area contributed by atoms with Gasteiger partial charge in [0.15, 0.2) is 5.96 Å². The number of guanidine groups is 1. The molecular weight excluding hydrogens is 435 g/mol. The van der Waals surface area contributed by atoms with Gasteiger partial charge in [-0.15, -0.1) is 24.0 Å². The summed E-state index contributed by atoms with van der Waals surface area (Å²) in [6, 6.07) is 0. The lowest BCUT2D eigenvalue weighted by atomic mass is 10.2. The van der Waals surface area contributed by atoms with E-state index < -0.39 is 0 Å². The Morgan fingerprint density at radius 2 is 2.00 bits per heavy atom. The van der Waals surface area contributed by atoms with Crippen LogP contribution in [0.15, 0.2) is 4.99 Å². The summed E-state index contributed by atoms with van der Waals surface area (Å²) in [5.74, 6) is 2.28. The molecule has 3 atom stereocenters. The summed E-state index contributed by atoms with van der Waals surface area (Å²) in [7, 11) is 0. The van der Waals surface area contributed by atoms with E-state index in [0.717, 1.165) is 56.9 Å². The Balaban J connectivity index is 0.00000288. The zero-order valence-electron chi connectivity index (χ0n) is 15.4. The van der Waals surface area contributed by atoms with Crippen LogP contribution in [0, 0.1) is 0 Å². The number of rotatable bonds is 7. The lowest BCUT2D eigenvalue weighted by Gasteiger charge is -2.35. The van der Waals surface area contributed by atoms with Crippen molar-refractivity contribution in [3.63, 3.8) is 0 Å². The minimum absolute atomic E-state index is 0. The number of ether oxygens (including phenoxy) is 1. The molecule has 7 heteroatoms. The van der Waals surface area contributed by atoms with E-state index in [9.17, 15) is 0 Å². The molecule has 2 N–H and O–H groups in total. The smallest absolute Gasteiger partial charge is 0.191 e. The van der Waals surface area contributed by atoms with E-state index >= 15 is 0 Å². The fourth-order valence-corrected chi connectivity index (χ4v) is 4.48. The van der Waals surface area contributed by atoms with Gasteiger partial charge in [-0.05, 0) is 45.8 Å². The minimum Gasteiger partial charge on any atom is -0.373 e. The third-order valence-corrected chi connectivity index (χ3v) is 5.64. The molecular formula is C17H35IN4OS. The zero-order chi connectivity index (χ0) is 16.5. The molecule has 3 unspecified atom stereocenters. The number of morpholine rings is 1. The molecule has 0 saturated carbocycles. The second-order valence-corrected chi connectivity index (χ2v) is 8.06. The third kappa shape index (κ3) is 8.58. The van der Waals surface area contributed by atoms with Gasteiger partial charge in [0.05, 0.1) is 18.8 Å². The molecule has 0 amide bonds. The standard InChI is InChI=1S/C17H34N4OS.HI/c1-4-18-17(20-11-16-7-5-10-23-16)19-8-6-9-21-12-14(2)22-15(3)13-21;/h14-16H,4-13H2,1-3H3,(H2,18,19,20);1H. The fourth-order valence-electron chi connectivity index (χ4n) is 3.30. The number of nitrogens with zero attached hydrogens (tertiary/aromatic N) is 2. The van der Waals surface area contributed by atoms with E-state index in [1.807, 2.05) is 0 Å². The molecule has 0 aromatic rings. The van der Waals surface area contributed by atoms with Crippen molar-refractivity contribution in [2.24, 2.45) is 4.99 Å². The van der Waals surface area contributed by atoms with Crippen LogP contribution in [0.25, 0.3) is 0 Å². The summed E-state index contributed by atoms with van der Waals surface area (Å²) in [5.41, 5.74) is 0. The number of hydrogen-bond donors (Lipinski definition) is 2. The first-order valence-electron chi connectivity index (χ1n) is 9.19. The van der Waals surface area contributed by atoms with Gasteiger partial charge < -0.3 is 15.4 Å². The van der Waals surface area contributed by atoms with Crippen molar-refractivity contribution in [2.45, 2.75) is 57.5 Å². The van der Waals surface area contributed by atoms with Crippen LogP contribution in [-0.2, 0) is 4.74 Å². The summed E-state index contributed by atoms with van der Waals surface area (Å²) in [5, 5.41) is 7.56. The third-order valence-electron chi connectivity index (χ3n) is 4.26. The molecule has 24 heavy (non-hydrogen) atoms. The summed E-state index contributed by atoms with van der Waals surface area (Å²) in [4.78, 5) is 7.26. The van der Waals surface area contributed by atoms with E-state index in [1.165, 1.54) is 18.6 Å². The van der Waals surface area contributed by atoms with Crippen LogP contribution in [-0.4, -0.2) is 73.3 Å². The number of hydrogen-bond acceptors (Lipinski definition) is 4. The van der Waals surface area contributed by atoms with Gasteiger partial charge in [-0.2, -0.15) is 11.8 Å². The molecule has 0 aromatic carbocycles. The van der Waals surface area contributed by atoms with E-state index in [0.29, 0.717) is 12.2 Å². The molecule has 2 rings (SSSR count). The molecule has 0 spiro atoms. The summed E-state index contributed by atoms with van der Waals surface area (Å²) >= 11 is 2.07. The van der Waals surface area contributed by atoms with Crippen molar-refractivity contribution in [1.82, 2.24) is 15.5 Å². The average molecular weight is 470 g/mol. The number of thioether (sulfide) groups is 1. The number of aliphatic imine (C=N–C) groups is 1. The van der Waals surface area contributed by atoms with Crippen LogP contribution >= 0.6 is 35.7 Å². The van der Waals surface area contributed by atoms with Crippen LogP contribution in [0.5, 0.6) is 0 Å². The highest BCUT2D eigenvalue weighted by Crippen LogP contribution is 2.25. The van der Waals surface area contributed by atoms with Gasteiger partial charge in [0.25, 0.3) is 0 Å². The predicted molar refractivity (Wildman–Crippen MR) is 116 cm³/mol. The molecule has 2 aliphatic heterocycles. The van der Waals surface area contributed by atoms with E-state index in [2.05, 4.69) is 48.1 Å². The Kier molecular flexibility index (Phi) is 11.7. The van der Waals surface area contributed by atoms with Crippen LogP contribution in [0.1, 0.15) is 40.0 Å². The van der Waals surface area contributed by atoms with Gasteiger partial charge in [-0.1, -0.05) is 0 Å². The molecule has 2 aliphatic rings. The van der Waals surface area contributed by atoms with Crippen LogP contribution in [0.4, 0.5) is 0 Å². The second kappa shape index (κ2) is 12.6. The molecule has 2 fully saturated rings. The van der Waals surface area contributed by atoms with Crippen LogP contribution in [0.2, 0.25) is 0 Å². The van der Waals surface area contributed by atoms with Crippen molar-refractivity contribution >= 4 is 41.7 Å². The van der Waals surface area contributed by atoms with Gasteiger partial charge >= 0.3 is 0 Å². The first-order chi connectivity index (χ1) is 11.2. The van der Waals surface area contributed by atoms with Gasteiger partial charge in [0, 0.05) is 38.0 Å². The van der Waals surface area contributed by atoms with Crippen LogP contribution < -0.4 is 10.6 Å². The highest BCUT2D eigenvalue weighted by Gasteiger charge is 2.21. The normalized spacial score (nSPS) is 28.5. The van der Waals surface area contributed by atoms with Crippen LogP contribution in [0.3, 0.4) is 0 Å². The maximum absolute atomic E-state index is 5.79. The van der Waals surface area contributed by atoms with Crippen molar-refractivity contribution in [1.29, 1.82) is 0 Å². The SMILES string of the molecule is CCNC(=NCC1CCCS1)NCCCN1CC(C)OC(C)C1.I. The van der Waals surface area contributed by atoms with E-state index in [-0.39, 0.29) is 24.0 Å². The number of nitrogens with one attached hydrogen (secondary N) is 2. The van der Waals surface area contributed by atoms with Crippen molar-refractivity contribution in [3.05, 3.63) is 0 Å². The average Bonchev–Trinajstić information content (AvgIpc) is 3.01. The largest absolute Gasteiger partial charge is 0.373 e. The van der Waals surface area contributed by atoms with Gasteiger partial charge in [-0.25, -0.2) is 0 Å². The lowest BCUT2D eigenvalue weighted by molar-refractivity contribution is -0.0679. The highest BCUT2D eigenvalue weighted by molar-refractivity contribution is 14.0. The monoisotopic (exact) mass is 470 g/mol. The summed E-state index contributed by atoms with van der Waals surface area (Å²) in [6.07, 6.45) is 4.53. The van der Waals surface area contributed by atoms with Gasteiger partial charge in [0.2, 0.25) is 0 Å². The molecule has 2 saturated heterocycles. The minimum atomic E-state index is 0. The topological polar surface area (TPSA) is 48.9 Å². The quantitative estimate of drug-likeness (QED) is 0.259. The Bertz CT molecular complexity index is 356. The Labute approximate surface area is 169 Å². The Morgan fingerprint density at radius 3 is 2.62 bits per heavy atom. The second-order valence-electron chi connectivity index (χ2n) is 6.65. The summed E-state index contributed by atoms with van der Waals surface area (Å²) in [6.45, 7) is 12.5. The maximum atomic E-state index is 5.79. The predicted octanol–water partition coefficient (Wildman–Crippen LogP) is 2.55. The van der Waals surface area contributed by atoms with Crippen molar-refractivity contribution < 1.29 is 4.74 Å². The van der Waals surface area contributed by atoms with Gasteiger partial charge in [-0.3, -0.25) is 9.89 Å². The van der Waals surface area contributed by atoms with Crippen molar-refractivity contribution in [3.8, 4) is 0 Å². The molecule has 2 heterocycles.